The first-order valence-corrected chi connectivity index (χ1v) is 11.4. The maximum atomic E-state index is 11.3. The Hall–Kier alpha value is -1.64. The molecule has 1 aromatic rings. The Labute approximate surface area is 169 Å². The van der Waals surface area contributed by atoms with Crippen molar-refractivity contribution >= 4 is 16.0 Å². The molecule has 1 aliphatic heterocycles. The zero-order valence-corrected chi connectivity index (χ0v) is 18.2. The summed E-state index contributed by atoms with van der Waals surface area (Å²) in [7, 11) is -3.67. The maximum absolute atomic E-state index is 11.3. The highest BCUT2D eigenvalue weighted by atomic mass is 32.2. The number of aliphatic imine (C=N–C) groups is 1. The van der Waals surface area contributed by atoms with Crippen molar-refractivity contribution in [2.75, 3.05) is 19.7 Å². The van der Waals surface area contributed by atoms with Gasteiger partial charge in [0.2, 0.25) is 10.0 Å². The number of sulfonamides is 1. The van der Waals surface area contributed by atoms with Crippen LogP contribution in [0.4, 0.5) is 0 Å². The Balaban J connectivity index is 2.00. The van der Waals surface area contributed by atoms with Crippen LogP contribution in [0.25, 0.3) is 0 Å². The maximum Gasteiger partial charge on any atom is 0.238 e. The molecular weight excluding hydrogens is 376 g/mol. The monoisotopic (exact) mass is 410 g/mol. The minimum atomic E-state index is -3.67. The van der Waals surface area contributed by atoms with Gasteiger partial charge in [0.25, 0.3) is 0 Å². The number of nitrogens with one attached hydrogen (secondary N) is 2. The molecule has 0 bridgehead atoms. The van der Waals surface area contributed by atoms with Gasteiger partial charge in [0.05, 0.1) is 17.5 Å². The van der Waals surface area contributed by atoms with Crippen molar-refractivity contribution in [3.8, 4) is 0 Å². The highest BCUT2D eigenvalue weighted by molar-refractivity contribution is 7.89. The van der Waals surface area contributed by atoms with Crippen molar-refractivity contribution in [3.63, 3.8) is 0 Å². The third kappa shape index (κ3) is 6.76. The van der Waals surface area contributed by atoms with Crippen LogP contribution in [0.2, 0.25) is 0 Å². The molecule has 4 N–H and O–H groups in total. The molecular formula is C20H34N4O3S. The van der Waals surface area contributed by atoms with Crippen LogP contribution in [0.15, 0.2) is 34.2 Å². The molecule has 0 aliphatic carbocycles. The molecule has 8 heteroatoms. The molecule has 2 atom stereocenters. The van der Waals surface area contributed by atoms with Crippen molar-refractivity contribution in [2.45, 2.75) is 58.1 Å². The molecule has 0 aromatic heterocycles. The summed E-state index contributed by atoms with van der Waals surface area (Å²) in [5.41, 5.74) is 1.02. The van der Waals surface area contributed by atoms with Gasteiger partial charge in [-0.3, -0.25) is 0 Å². The number of benzene rings is 1. The predicted molar refractivity (Wildman–Crippen MR) is 113 cm³/mol. The van der Waals surface area contributed by atoms with Crippen LogP contribution >= 0.6 is 0 Å². The van der Waals surface area contributed by atoms with Crippen molar-refractivity contribution in [2.24, 2.45) is 21.5 Å². The Morgan fingerprint density at radius 2 is 1.93 bits per heavy atom. The van der Waals surface area contributed by atoms with E-state index >= 15 is 0 Å². The lowest BCUT2D eigenvalue weighted by Gasteiger charge is -2.40. The summed E-state index contributed by atoms with van der Waals surface area (Å²) in [5.74, 6) is 1.18. The average Bonchev–Trinajstić information content (AvgIpc) is 2.63. The largest absolute Gasteiger partial charge is 0.377 e. The van der Waals surface area contributed by atoms with E-state index in [-0.39, 0.29) is 16.4 Å². The van der Waals surface area contributed by atoms with E-state index in [1.54, 1.807) is 12.1 Å². The van der Waals surface area contributed by atoms with Gasteiger partial charge in [0.1, 0.15) is 0 Å². The number of guanidine groups is 1. The Morgan fingerprint density at radius 1 is 1.25 bits per heavy atom. The average molecular weight is 411 g/mol. The normalized spacial score (nSPS) is 21.4. The lowest BCUT2D eigenvalue weighted by atomic mass is 9.78. The van der Waals surface area contributed by atoms with Gasteiger partial charge in [-0.1, -0.05) is 32.9 Å². The molecule has 158 valence electrons. The van der Waals surface area contributed by atoms with Gasteiger partial charge < -0.3 is 15.4 Å². The number of primary sulfonamides is 1. The fourth-order valence-corrected chi connectivity index (χ4v) is 4.05. The Morgan fingerprint density at radius 3 is 2.50 bits per heavy atom. The van der Waals surface area contributed by atoms with E-state index in [2.05, 4.69) is 36.4 Å². The van der Waals surface area contributed by atoms with Gasteiger partial charge in [-0.2, -0.15) is 0 Å². The van der Waals surface area contributed by atoms with E-state index < -0.39 is 10.0 Å². The van der Waals surface area contributed by atoms with Gasteiger partial charge in [0, 0.05) is 25.6 Å². The first-order valence-electron chi connectivity index (χ1n) is 9.87. The quantitative estimate of drug-likeness (QED) is 0.493. The number of ether oxygens (including phenoxy) is 1. The van der Waals surface area contributed by atoms with E-state index in [0.29, 0.717) is 12.5 Å². The zero-order chi connectivity index (χ0) is 20.8. The number of hydrogen-bond donors (Lipinski definition) is 3. The lowest BCUT2D eigenvalue weighted by Crippen LogP contribution is -2.47. The zero-order valence-electron chi connectivity index (χ0n) is 17.4. The van der Waals surface area contributed by atoms with Crippen LogP contribution in [-0.4, -0.2) is 40.2 Å². The SMILES string of the molecule is CCNC(=NCc1ccc(S(N)(=O)=O)cc1)NCC1CCCOC1C(C)(C)C. The van der Waals surface area contributed by atoms with Gasteiger partial charge in [-0.15, -0.1) is 0 Å². The third-order valence-corrected chi connectivity index (χ3v) is 5.78. The van der Waals surface area contributed by atoms with E-state index in [1.807, 2.05) is 6.92 Å². The highest BCUT2D eigenvalue weighted by Gasteiger charge is 2.35. The fourth-order valence-electron chi connectivity index (χ4n) is 3.53. The van der Waals surface area contributed by atoms with Crippen LogP contribution in [0.3, 0.4) is 0 Å². The van der Waals surface area contributed by atoms with Gasteiger partial charge >= 0.3 is 0 Å². The molecule has 1 aromatic carbocycles. The molecule has 2 unspecified atom stereocenters. The summed E-state index contributed by atoms with van der Waals surface area (Å²) < 4.78 is 28.8. The number of nitrogens with zero attached hydrogens (tertiary/aromatic N) is 1. The lowest BCUT2D eigenvalue weighted by molar-refractivity contribution is -0.0835. The third-order valence-electron chi connectivity index (χ3n) is 4.85. The first kappa shape index (κ1) is 22.6. The van der Waals surface area contributed by atoms with Crippen LogP contribution in [-0.2, 0) is 21.3 Å². The minimum Gasteiger partial charge on any atom is -0.377 e. The molecule has 0 spiro atoms. The second kappa shape index (κ2) is 9.71. The predicted octanol–water partition coefficient (Wildman–Crippen LogP) is 2.23. The van der Waals surface area contributed by atoms with Crippen LogP contribution in [0.1, 0.15) is 46.1 Å². The molecule has 0 radical (unpaired) electrons. The van der Waals surface area contributed by atoms with Gasteiger partial charge in [0.15, 0.2) is 5.96 Å². The van der Waals surface area contributed by atoms with Crippen molar-refractivity contribution in [3.05, 3.63) is 29.8 Å². The first-order chi connectivity index (χ1) is 13.1. The Bertz CT molecular complexity index is 755. The Kier molecular flexibility index (Phi) is 7.86. The smallest absolute Gasteiger partial charge is 0.238 e. The summed E-state index contributed by atoms with van der Waals surface area (Å²) in [6.07, 6.45) is 2.45. The van der Waals surface area contributed by atoms with Crippen LogP contribution in [0, 0.1) is 11.3 Å². The number of hydrogen-bond acceptors (Lipinski definition) is 4. The molecule has 1 aliphatic rings. The summed E-state index contributed by atoms with van der Waals surface area (Å²) in [6, 6.07) is 6.48. The molecule has 0 amide bonds. The second-order valence-corrected chi connectivity index (χ2v) is 9.89. The van der Waals surface area contributed by atoms with Gasteiger partial charge in [-0.05, 0) is 42.9 Å². The molecule has 1 fully saturated rings. The summed E-state index contributed by atoms with van der Waals surface area (Å²) >= 11 is 0. The van der Waals surface area contributed by atoms with Crippen molar-refractivity contribution in [1.82, 2.24) is 10.6 Å². The standard InChI is InChI=1S/C20H34N4O3S/c1-5-22-19(23-13-15-8-10-17(11-9-15)28(21,25)26)24-14-16-7-6-12-27-18(16)20(2,3)4/h8-11,16,18H,5-7,12-14H2,1-4H3,(H2,21,25,26)(H2,22,23,24). The summed E-state index contributed by atoms with van der Waals surface area (Å²) in [5, 5.41) is 11.8. The minimum absolute atomic E-state index is 0.104. The van der Waals surface area contributed by atoms with Crippen LogP contribution in [0.5, 0.6) is 0 Å². The molecule has 2 rings (SSSR count). The second-order valence-electron chi connectivity index (χ2n) is 8.32. The molecule has 0 saturated carbocycles. The number of rotatable bonds is 6. The fraction of sp³-hybridized carbons (Fsp3) is 0.650. The highest BCUT2D eigenvalue weighted by Crippen LogP contribution is 2.33. The molecule has 7 nitrogen and oxygen atoms in total. The topological polar surface area (TPSA) is 106 Å². The van der Waals surface area contributed by atoms with E-state index in [1.165, 1.54) is 12.1 Å². The van der Waals surface area contributed by atoms with E-state index in [9.17, 15) is 8.42 Å². The molecule has 1 heterocycles. The van der Waals surface area contributed by atoms with Gasteiger partial charge in [-0.25, -0.2) is 18.5 Å². The summed E-state index contributed by atoms with van der Waals surface area (Å²) in [6.45, 7) is 11.5. The molecule has 1 saturated heterocycles. The van der Waals surface area contributed by atoms with Crippen LogP contribution < -0.4 is 15.8 Å². The number of nitrogens with two attached hydrogens (primary N) is 1. The molecule has 28 heavy (non-hydrogen) atoms. The van der Waals surface area contributed by atoms with Crippen molar-refractivity contribution in [1.29, 1.82) is 0 Å². The van der Waals surface area contributed by atoms with E-state index in [4.69, 9.17) is 9.88 Å². The summed E-state index contributed by atoms with van der Waals surface area (Å²) in [4.78, 5) is 4.73. The van der Waals surface area contributed by atoms with E-state index in [0.717, 1.165) is 44.1 Å². The van der Waals surface area contributed by atoms with Crippen molar-refractivity contribution < 1.29 is 13.2 Å².